The summed E-state index contributed by atoms with van der Waals surface area (Å²) < 4.78 is 6.49. The summed E-state index contributed by atoms with van der Waals surface area (Å²) in [6.45, 7) is 7.38. The standard InChI is InChI=1S/C33H36NOP/c1-5-33(3,36-32-19-16-25(2)20-29(32)23-34-4)30-22-28(21-26-12-8-6-9-13-26)17-18-31(30)35-24-27-14-10-7-11-15-27/h6-20,22-23,36H,5,21,24H2,1-4H3/b34-23+. The second-order valence-corrected chi connectivity index (χ2v) is 11.4. The largest absolute Gasteiger partial charge is 0.489 e. The number of benzene rings is 4. The minimum atomic E-state index is -0.0652. The molecule has 3 heteroatoms. The molecule has 0 aliphatic rings. The van der Waals surface area contributed by atoms with Crippen LogP contribution in [-0.4, -0.2) is 13.3 Å². The van der Waals surface area contributed by atoms with Gasteiger partial charge >= 0.3 is 0 Å². The molecule has 4 aromatic rings. The van der Waals surface area contributed by atoms with Crippen molar-refractivity contribution in [1.29, 1.82) is 0 Å². The fourth-order valence-electron chi connectivity index (χ4n) is 4.50. The van der Waals surface area contributed by atoms with Gasteiger partial charge in [-0.05, 0) is 59.5 Å². The number of aliphatic imine (C=N–C) groups is 1. The van der Waals surface area contributed by atoms with Crippen molar-refractivity contribution in [3.8, 4) is 5.75 Å². The summed E-state index contributed by atoms with van der Waals surface area (Å²) in [5, 5.41) is 1.28. The molecule has 2 nitrogen and oxygen atoms in total. The Hall–Kier alpha value is -3.22. The molecule has 36 heavy (non-hydrogen) atoms. The Labute approximate surface area is 218 Å². The van der Waals surface area contributed by atoms with Crippen LogP contribution in [0.4, 0.5) is 0 Å². The lowest BCUT2D eigenvalue weighted by atomic mass is 9.93. The van der Waals surface area contributed by atoms with Crippen molar-refractivity contribution in [1.82, 2.24) is 0 Å². The van der Waals surface area contributed by atoms with E-state index in [1.54, 1.807) is 0 Å². The number of hydrogen-bond acceptors (Lipinski definition) is 2. The van der Waals surface area contributed by atoms with E-state index >= 15 is 0 Å². The number of ether oxygens (including phenoxy) is 1. The second kappa shape index (κ2) is 12.2. The van der Waals surface area contributed by atoms with Crippen molar-refractivity contribution < 1.29 is 4.74 Å². The van der Waals surface area contributed by atoms with Crippen LogP contribution >= 0.6 is 8.58 Å². The summed E-state index contributed by atoms with van der Waals surface area (Å²) in [4.78, 5) is 4.33. The Morgan fingerprint density at radius 3 is 2.19 bits per heavy atom. The van der Waals surface area contributed by atoms with Gasteiger partial charge in [0.05, 0.1) is 0 Å². The van der Waals surface area contributed by atoms with E-state index in [1.165, 1.54) is 38.7 Å². The Morgan fingerprint density at radius 2 is 1.53 bits per heavy atom. The molecule has 184 valence electrons. The molecule has 0 spiro atoms. The summed E-state index contributed by atoms with van der Waals surface area (Å²) >= 11 is 0. The van der Waals surface area contributed by atoms with E-state index in [-0.39, 0.29) is 5.16 Å². The zero-order chi connectivity index (χ0) is 25.4. The maximum Gasteiger partial charge on any atom is 0.123 e. The van der Waals surface area contributed by atoms with Gasteiger partial charge in [-0.2, -0.15) is 0 Å². The second-order valence-electron chi connectivity index (χ2n) is 9.56. The Morgan fingerprint density at radius 1 is 0.833 bits per heavy atom. The Kier molecular flexibility index (Phi) is 8.73. The molecule has 4 rings (SSSR count). The van der Waals surface area contributed by atoms with Crippen LogP contribution < -0.4 is 10.0 Å². The number of hydrogen-bond donors (Lipinski definition) is 0. The molecule has 2 unspecified atom stereocenters. The van der Waals surface area contributed by atoms with Crippen LogP contribution in [0.2, 0.25) is 0 Å². The van der Waals surface area contributed by atoms with Gasteiger partial charge in [0.15, 0.2) is 0 Å². The average Bonchev–Trinajstić information content (AvgIpc) is 2.91. The summed E-state index contributed by atoms with van der Waals surface area (Å²) in [6, 6.07) is 34.6. The maximum atomic E-state index is 6.49. The van der Waals surface area contributed by atoms with Gasteiger partial charge in [0.25, 0.3) is 0 Å². The predicted octanol–water partition coefficient (Wildman–Crippen LogP) is 7.84. The van der Waals surface area contributed by atoms with Crippen LogP contribution in [0.5, 0.6) is 5.75 Å². The van der Waals surface area contributed by atoms with Crippen LogP contribution in [0.1, 0.15) is 53.6 Å². The van der Waals surface area contributed by atoms with Crippen molar-refractivity contribution in [2.24, 2.45) is 4.99 Å². The average molecular weight is 494 g/mol. The number of aryl methyl sites for hydroxylation is 1. The zero-order valence-electron chi connectivity index (χ0n) is 21.8. The van der Waals surface area contributed by atoms with Gasteiger partial charge in [0.1, 0.15) is 12.4 Å². The summed E-state index contributed by atoms with van der Waals surface area (Å²) in [6.07, 6.45) is 3.91. The Balaban J connectivity index is 1.73. The highest BCUT2D eigenvalue weighted by molar-refractivity contribution is 7.48. The molecule has 0 saturated heterocycles. The van der Waals surface area contributed by atoms with E-state index in [9.17, 15) is 0 Å². The molecule has 0 saturated carbocycles. The molecule has 0 heterocycles. The van der Waals surface area contributed by atoms with E-state index in [0.717, 1.165) is 18.6 Å². The lowest BCUT2D eigenvalue weighted by Gasteiger charge is -2.32. The molecule has 2 atom stereocenters. The van der Waals surface area contributed by atoms with Crippen molar-refractivity contribution in [2.45, 2.75) is 45.4 Å². The molecule has 0 radical (unpaired) electrons. The highest BCUT2D eigenvalue weighted by Gasteiger charge is 2.30. The smallest absolute Gasteiger partial charge is 0.123 e. The van der Waals surface area contributed by atoms with Crippen molar-refractivity contribution >= 4 is 20.1 Å². The van der Waals surface area contributed by atoms with Crippen LogP contribution in [0.25, 0.3) is 0 Å². The Bertz CT molecular complexity index is 1300. The van der Waals surface area contributed by atoms with Crippen LogP contribution in [-0.2, 0) is 18.2 Å². The fourth-order valence-corrected chi connectivity index (χ4v) is 6.05. The summed E-state index contributed by atoms with van der Waals surface area (Å²) in [5.41, 5.74) is 7.57. The molecule has 0 aliphatic carbocycles. The third-order valence-electron chi connectivity index (χ3n) is 6.72. The molecule has 0 fully saturated rings. The first kappa shape index (κ1) is 25.9. The molecule has 0 N–H and O–H groups in total. The molecule has 0 aliphatic heterocycles. The molecular weight excluding hydrogens is 457 g/mol. The van der Waals surface area contributed by atoms with E-state index < -0.39 is 0 Å². The van der Waals surface area contributed by atoms with Crippen molar-refractivity contribution in [3.63, 3.8) is 0 Å². The lowest BCUT2D eigenvalue weighted by molar-refractivity contribution is 0.299. The van der Waals surface area contributed by atoms with Gasteiger partial charge in [0.2, 0.25) is 0 Å². The van der Waals surface area contributed by atoms with Gasteiger partial charge in [-0.25, -0.2) is 0 Å². The van der Waals surface area contributed by atoms with Crippen LogP contribution in [0.3, 0.4) is 0 Å². The first-order valence-electron chi connectivity index (χ1n) is 12.7. The monoisotopic (exact) mass is 493 g/mol. The topological polar surface area (TPSA) is 21.6 Å². The number of nitrogens with zero attached hydrogens (tertiary/aromatic N) is 1. The molecule has 0 aromatic heterocycles. The first-order valence-corrected chi connectivity index (χ1v) is 13.7. The summed E-state index contributed by atoms with van der Waals surface area (Å²) in [5.74, 6) is 0.977. The molecular formula is C33H36NOP. The minimum absolute atomic E-state index is 0.0652. The fraction of sp³-hybridized carbons (Fsp3) is 0.242. The van der Waals surface area contributed by atoms with Gasteiger partial charge in [-0.1, -0.05) is 113 Å². The van der Waals surface area contributed by atoms with E-state index in [1.807, 2.05) is 19.3 Å². The summed E-state index contributed by atoms with van der Waals surface area (Å²) in [7, 11) is 2.44. The van der Waals surface area contributed by atoms with Gasteiger partial charge in [-0.15, -0.1) is 0 Å². The highest BCUT2D eigenvalue weighted by Crippen LogP contribution is 2.48. The first-order chi connectivity index (χ1) is 17.5. The van der Waals surface area contributed by atoms with E-state index in [2.05, 4.69) is 117 Å². The highest BCUT2D eigenvalue weighted by atomic mass is 31.1. The zero-order valence-corrected chi connectivity index (χ0v) is 22.8. The normalized spacial score (nSPS) is 13.3. The minimum Gasteiger partial charge on any atom is -0.489 e. The maximum absolute atomic E-state index is 6.49. The van der Waals surface area contributed by atoms with Gasteiger partial charge in [0, 0.05) is 24.0 Å². The number of rotatable bonds is 10. The SMILES string of the molecule is CCC(C)(Pc1ccc(C)cc1/C=N/C)c1cc(Cc2ccccc2)ccc1OCc1ccccc1. The van der Waals surface area contributed by atoms with Crippen LogP contribution in [0.15, 0.2) is 102 Å². The van der Waals surface area contributed by atoms with Crippen LogP contribution in [0, 0.1) is 6.92 Å². The van der Waals surface area contributed by atoms with E-state index in [0.29, 0.717) is 15.2 Å². The van der Waals surface area contributed by atoms with Crippen molar-refractivity contribution in [3.05, 3.63) is 130 Å². The van der Waals surface area contributed by atoms with E-state index in [4.69, 9.17) is 4.74 Å². The lowest BCUT2D eigenvalue weighted by Crippen LogP contribution is -2.21. The quantitative estimate of drug-likeness (QED) is 0.163. The van der Waals surface area contributed by atoms with Gasteiger partial charge in [-0.3, -0.25) is 4.99 Å². The molecule has 0 bridgehead atoms. The van der Waals surface area contributed by atoms with Crippen molar-refractivity contribution in [2.75, 3.05) is 7.05 Å². The third-order valence-corrected chi connectivity index (χ3v) is 8.62. The predicted molar refractivity (Wildman–Crippen MR) is 157 cm³/mol. The third kappa shape index (κ3) is 6.50. The van der Waals surface area contributed by atoms with Gasteiger partial charge < -0.3 is 4.74 Å². The molecule has 0 amide bonds. The molecule has 4 aromatic carbocycles.